The fraction of sp³-hybridized carbons (Fsp3) is 0.565. The molecule has 1 aromatic heterocycles. The molecular weight excluding hydrogens is 339 g/mol. The number of hydrogen-bond acceptors (Lipinski definition) is 3. The summed E-state index contributed by atoms with van der Waals surface area (Å²) in [4.78, 5) is 8.93. The molecule has 4 heteroatoms. The molecule has 0 aliphatic carbocycles. The first-order valence-electron chi connectivity index (χ1n) is 10.5. The van der Waals surface area contributed by atoms with E-state index in [2.05, 4.69) is 23.8 Å². The van der Waals surface area contributed by atoms with Crippen molar-refractivity contribution in [1.82, 2.24) is 9.97 Å². The minimum atomic E-state index is -0.341. The third-order valence-corrected chi connectivity index (χ3v) is 4.72. The van der Waals surface area contributed by atoms with Crippen LogP contribution < -0.4 is 4.74 Å². The van der Waals surface area contributed by atoms with Gasteiger partial charge in [0.05, 0.1) is 24.2 Å². The molecule has 0 atom stereocenters. The third-order valence-electron chi connectivity index (χ3n) is 4.72. The van der Waals surface area contributed by atoms with Crippen LogP contribution in [0, 0.1) is 5.82 Å². The van der Waals surface area contributed by atoms with Crippen molar-refractivity contribution >= 4 is 0 Å². The Morgan fingerprint density at radius 2 is 1.59 bits per heavy atom. The highest BCUT2D eigenvalue weighted by Gasteiger charge is 2.08. The average Bonchev–Trinajstić information content (AvgIpc) is 2.69. The Morgan fingerprint density at radius 1 is 0.852 bits per heavy atom. The quantitative estimate of drug-likeness (QED) is 0.365. The molecule has 0 bridgehead atoms. The molecule has 1 aromatic carbocycles. The van der Waals surface area contributed by atoms with Crippen molar-refractivity contribution in [3.8, 4) is 17.0 Å². The van der Waals surface area contributed by atoms with Crippen LogP contribution in [0.1, 0.15) is 77.3 Å². The molecule has 27 heavy (non-hydrogen) atoms. The minimum absolute atomic E-state index is 0.315. The predicted molar refractivity (Wildman–Crippen MR) is 110 cm³/mol. The number of hydrogen-bond donors (Lipinski definition) is 0. The second kappa shape index (κ2) is 12.4. The van der Waals surface area contributed by atoms with E-state index >= 15 is 0 Å². The fourth-order valence-electron chi connectivity index (χ4n) is 3.03. The molecule has 3 nitrogen and oxygen atoms in total. The molecular formula is C23H33FN2O. The molecule has 2 aromatic rings. The SMILES string of the molecule is CCCCCCCOc1ccc(-c2cnc(CCCCCC)cn2)cc1F. The van der Waals surface area contributed by atoms with Crippen molar-refractivity contribution in [3.63, 3.8) is 0 Å². The van der Waals surface area contributed by atoms with Gasteiger partial charge in [0.1, 0.15) is 0 Å². The lowest BCUT2D eigenvalue weighted by atomic mass is 10.1. The predicted octanol–water partition coefficient (Wildman–Crippen LogP) is 6.75. The summed E-state index contributed by atoms with van der Waals surface area (Å²) in [7, 11) is 0. The van der Waals surface area contributed by atoms with Gasteiger partial charge in [-0.1, -0.05) is 58.8 Å². The summed E-state index contributed by atoms with van der Waals surface area (Å²) in [5.41, 5.74) is 2.42. The summed E-state index contributed by atoms with van der Waals surface area (Å²) < 4.78 is 19.9. The molecule has 0 saturated heterocycles. The summed E-state index contributed by atoms with van der Waals surface area (Å²) in [5.74, 6) is -0.0266. The van der Waals surface area contributed by atoms with Gasteiger partial charge in [-0.05, 0) is 37.5 Å². The van der Waals surface area contributed by atoms with E-state index in [1.807, 2.05) is 6.07 Å². The van der Waals surface area contributed by atoms with Crippen molar-refractivity contribution < 1.29 is 9.13 Å². The van der Waals surface area contributed by atoms with Gasteiger partial charge in [0.25, 0.3) is 0 Å². The van der Waals surface area contributed by atoms with Gasteiger partial charge in [-0.3, -0.25) is 9.97 Å². The van der Waals surface area contributed by atoms with Crippen LogP contribution in [0.15, 0.2) is 30.6 Å². The number of aryl methyl sites for hydroxylation is 1. The number of halogens is 1. The summed E-state index contributed by atoms with van der Waals surface area (Å²) in [6.07, 6.45) is 15.1. The van der Waals surface area contributed by atoms with E-state index in [-0.39, 0.29) is 5.82 Å². The minimum Gasteiger partial charge on any atom is -0.491 e. The third kappa shape index (κ3) is 7.66. The zero-order valence-electron chi connectivity index (χ0n) is 16.8. The molecule has 0 spiro atoms. The highest BCUT2D eigenvalue weighted by molar-refractivity contribution is 5.59. The first-order chi connectivity index (χ1) is 13.2. The van der Waals surface area contributed by atoms with Crippen LogP contribution in [0.3, 0.4) is 0 Å². The van der Waals surface area contributed by atoms with Crippen LogP contribution in [0.4, 0.5) is 4.39 Å². The maximum absolute atomic E-state index is 14.3. The normalized spacial score (nSPS) is 10.9. The van der Waals surface area contributed by atoms with Gasteiger partial charge in [0.15, 0.2) is 11.6 Å². The zero-order chi connectivity index (χ0) is 19.3. The lowest BCUT2D eigenvalue weighted by Crippen LogP contribution is -2.00. The van der Waals surface area contributed by atoms with E-state index < -0.39 is 0 Å². The summed E-state index contributed by atoms with van der Waals surface area (Å²) in [5, 5.41) is 0. The van der Waals surface area contributed by atoms with Crippen LogP contribution in [0.2, 0.25) is 0 Å². The summed E-state index contributed by atoms with van der Waals surface area (Å²) in [6.45, 7) is 4.96. The Kier molecular flexibility index (Phi) is 9.81. The highest BCUT2D eigenvalue weighted by Crippen LogP contribution is 2.24. The number of nitrogens with zero attached hydrogens (tertiary/aromatic N) is 2. The van der Waals surface area contributed by atoms with Crippen LogP contribution in [-0.4, -0.2) is 16.6 Å². The van der Waals surface area contributed by atoms with Gasteiger partial charge in [-0.25, -0.2) is 4.39 Å². The fourth-order valence-corrected chi connectivity index (χ4v) is 3.03. The monoisotopic (exact) mass is 372 g/mol. The Bertz CT molecular complexity index is 658. The lowest BCUT2D eigenvalue weighted by Gasteiger charge is -2.09. The molecule has 0 N–H and O–H groups in total. The van der Waals surface area contributed by atoms with Gasteiger partial charge < -0.3 is 4.74 Å². The van der Waals surface area contributed by atoms with Crippen molar-refractivity contribution in [2.45, 2.75) is 78.1 Å². The van der Waals surface area contributed by atoms with Crippen molar-refractivity contribution in [2.24, 2.45) is 0 Å². The molecule has 2 rings (SSSR count). The zero-order valence-corrected chi connectivity index (χ0v) is 16.8. The number of rotatable bonds is 13. The molecule has 148 valence electrons. The molecule has 0 radical (unpaired) electrons. The van der Waals surface area contributed by atoms with Crippen molar-refractivity contribution in [2.75, 3.05) is 6.61 Å². The maximum Gasteiger partial charge on any atom is 0.165 e. The average molecular weight is 373 g/mol. The molecule has 0 saturated carbocycles. The molecule has 0 aliphatic rings. The number of unbranched alkanes of at least 4 members (excludes halogenated alkanes) is 7. The largest absolute Gasteiger partial charge is 0.491 e. The van der Waals surface area contributed by atoms with E-state index in [0.717, 1.165) is 36.9 Å². The number of benzene rings is 1. The van der Waals surface area contributed by atoms with Crippen molar-refractivity contribution in [3.05, 3.63) is 42.1 Å². The van der Waals surface area contributed by atoms with Crippen LogP contribution >= 0.6 is 0 Å². The molecule has 0 aliphatic heterocycles. The van der Waals surface area contributed by atoms with E-state index in [1.165, 1.54) is 44.6 Å². The van der Waals surface area contributed by atoms with Gasteiger partial charge in [0, 0.05) is 11.8 Å². The van der Waals surface area contributed by atoms with E-state index in [9.17, 15) is 4.39 Å². The van der Waals surface area contributed by atoms with Crippen LogP contribution in [-0.2, 0) is 6.42 Å². The van der Waals surface area contributed by atoms with Crippen LogP contribution in [0.5, 0.6) is 5.75 Å². The Morgan fingerprint density at radius 3 is 2.26 bits per heavy atom. The van der Waals surface area contributed by atoms with Crippen molar-refractivity contribution in [1.29, 1.82) is 0 Å². The molecule has 0 unspecified atom stereocenters. The van der Waals surface area contributed by atoms with E-state index in [4.69, 9.17) is 4.74 Å². The standard InChI is InChI=1S/C23H33FN2O/c1-3-5-7-9-11-15-27-23-14-13-19(16-21(23)24)22-18-25-20(17-26-22)12-10-8-6-4-2/h13-14,16-18H,3-12,15H2,1-2H3. The molecule has 0 amide bonds. The Hall–Kier alpha value is -1.97. The first-order valence-corrected chi connectivity index (χ1v) is 10.5. The van der Waals surface area contributed by atoms with Gasteiger partial charge in [0.2, 0.25) is 0 Å². The van der Waals surface area contributed by atoms with E-state index in [0.29, 0.717) is 18.1 Å². The topological polar surface area (TPSA) is 35.0 Å². The smallest absolute Gasteiger partial charge is 0.165 e. The first kappa shape index (κ1) is 21.3. The van der Waals surface area contributed by atoms with Gasteiger partial charge in [-0.15, -0.1) is 0 Å². The highest BCUT2D eigenvalue weighted by atomic mass is 19.1. The lowest BCUT2D eigenvalue weighted by molar-refractivity contribution is 0.290. The molecule has 1 heterocycles. The maximum atomic E-state index is 14.3. The second-order valence-electron chi connectivity index (χ2n) is 7.11. The summed E-state index contributed by atoms with van der Waals surface area (Å²) >= 11 is 0. The number of ether oxygens (including phenoxy) is 1. The van der Waals surface area contributed by atoms with Crippen LogP contribution in [0.25, 0.3) is 11.3 Å². The van der Waals surface area contributed by atoms with Gasteiger partial charge >= 0.3 is 0 Å². The molecule has 0 fully saturated rings. The second-order valence-corrected chi connectivity index (χ2v) is 7.11. The van der Waals surface area contributed by atoms with Gasteiger partial charge in [-0.2, -0.15) is 0 Å². The number of aromatic nitrogens is 2. The summed E-state index contributed by atoms with van der Waals surface area (Å²) in [6, 6.07) is 5.02. The Labute approximate surface area is 163 Å². The van der Waals surface area contributed by atoms with E-state index in [1.54, 1.807) is 18.5 Å². The Balaban J connectivity index is 1.85.